The Hall–Kier alpha value is -2.09. The van der Waals surface area contributed by atoms with E-state index in [0.717, 1.165) is 11.6 Å². The van der Waals surface area contributed by atoms with Crippen molar-refractivity contribution in [3.63, 3.8) is 0 Å². The highest BCUT2D eigenvalue weighted by Crippen LogP contribution is 2.32. The van der Waals surface area contributed by atoms with E-state index in [1.165, 1.54) is 12.1 Å². The molecule has 0 aliphatic carbocycles. The van der Waals surface area contributed by atoms with Crippen LogP contribution < -0.4 is 10.6 Å². The second-order valence-electron chi connectivity index (χ2n) is 8.17. The summed E-state index contributed by atoms with van der Waals surface area (Å²) < 4.78 is 39.8. The molecule has 8 heteroatoms. The summed E-state index contributed by atoms with van der Waals surface area (Å²) in [6.07, 6.45) is -3.89. The minimum absolute atomic E-state index is 0.000310. The van der Waals surface area contributed by atoms with Crippen molar-refractivity contribution in [2.75, 3.05) is 6.54 Å². The quantitative estimate of drug-likeness (QED) is 0.643. The van der Waals surface area contributed by atoms with Crippen LogP contribution in [0.25, 0.3) is 0 Å². The second kappa shape index (κ2) is 10.0. The largest absolute Gasteiger partial charge is 0.416 e. The van der Waals surface area contributed by atoms with Gasteiger partial charge < -0.3 is 10.6 Å². The van der Waals surface area contributed by atoms with Gasteiger partial charge in [-0.2, -0.15) is 13.2 Å². The van der Waals surface area contributed by atoms with Crippen LogP contribution in [-0.2, 0) is 24.1 Å². The summed E-state index contributed by atoms with van der Waals surface area (Å²) >= 11 is 6.30. The lowest BCUT2D eigenvalue weighted by Gasteiger charge is -2.24. The van der Waals surface area contributed by atoms with Gasteiger partial charge in [-0.25, -0.2) is 0 Å². The fourth-order valence-corrected chi connectivity index (χ4v) is 4.13. The van der Waals surface area contributed by atoms with E-state index in [1.807, 2.05) is 36.9 Å². The first-order chi connectivity index (χ1) is 14.6. The maximum atomic E-state index is 13.3. The van der Waals surface area contributed by atoms with Crippen molar-refractivity contribution in [1.29, 1.82) is 0 Å². The number of benzene rings is 2. The Morgan fingerprint density at radius 2 is 1.77 bits per heavy atom. The average molecular weight is 454 g/mol. The van der Waals surface area contributed by atoms with Crippen LogP contribution in [0.15, 0.2) is 48.5 Å². The van der Waals surface area contributed by atoms with E-state index in [1.54, 1.807) is 12.1 Å². The molecular formula is C23H27ClF3N3O. The molecule has 168 valence electrons. The number of halogens is 4. The molecule has 0 unspecified atom stereocenters. The van der Waals surface area contributed by atoms with Crippen molar-refractivity contribution < 1.29 is 18.0 Å². The number of alkyl halides is 3. The SMILES string of the molecule is CC(C)NC(=O)[C@@H]1C[C@@H](NCc2ccccc2C(F)(F)F)CN1Cc1ccccc1Cl. The van der Waals surface area contributed by atoms with E-state index in [9.17, 15) is 18.0 Å². The van der Waals surface area contributed by atoms with Gasteiger partial charge in [0.25, 0.3) is 0 Å². The summed E-state index contributed by atoms with van der Waals surface area (Å²) in [4.78, 5) is 14.8. The van der Waals surface area contributed by atoms with Crippen molar-refractivity contribution >= 4 is 17.5 Å². The Labute approximate surface area is 185 Å². The molecule has 1 heterocycles. The third-order valence-electron chi connectivity index (χ3n) is 5.37. The van der Waals surface area contributed by atoms with Crippen molar-refractivity contribution in [2.24, 2.45) is 0 Å². The summed E-state index contributed by atoms with van der Waals surface area (Å²) in [5, 5.41) is 6.80. The fraction of sp³-hybridized carbons (Fsp3) is 0.435. The molecule has 2 N–H and O–H groups in total. The van der Waals surface area contributed by atoms with Crippen LogP contribution in [0.3, 0.4) is 0 Å². The third kappa shape index (κ3) is 6.21. The molecule has 0 radical (unpaired) electrons. The number of rotatable bonds is 7. The van der Waals surface area contributed by atoms with Crippen molar-refractivity contribution in [3.8, 4) is 0 Å². The highest BCUT2D eigenvalue weighted by molar-refractivity contribution is 6.31. The Bertz CT molecular complexity index is 904. The standard InChI is InChI=1S/C23H27ClF3N3O/c1-15(2)29-22(31)21-11-18(14-30(21)13-17-8-4-6-10-20(17)24)28-12-16-7-3-5-9-19(16)23(25,26)27/h3-10,15,18,21,28H,11-14H2,1-2H3,(H,29,31)/t18-,21+/m1/s1. The Kier molecular flexibility index (Phi) is 7.62. The summed E-state index contributed by atoms with van der Waals surface area (Å²) in [7, 11) is 0. The lowest BCUT2D eigenvalue weighted by Crippen LogP contribution is -2.45. The minimum atomic E-state index is -4.40. The van der Waals surface area contributed by atoms with E-state index in [-0.39, 0.29) is 36.1 Å². The van der Waals surface area contributed by atoms with E-state index in [2.05, 4.69) is 10.6 Å². The molecule has 2 aromatic carbocycles. The maximum Gasteiger partial charge on any atom is 0.416 e. The number of nitrogens with one attached hydrogen (secondary N) is 2. The Morgan fingerprint density at radius 1 is 1.13 bits per heavy atom. The average Bonchev–Trinajstić information content (AvgIpc) is 3.10. The minimum Gasteiger partial charge on any atom is -0.353 e. The van der Waals surface area contributed by atoms with Crippen LogP contribution in [0.2, 0.25) is 5.02 Å². The number of hydrogen-bond donors (Lipinski definition) is 2. The molecule has 2 atom stereocenters. The number of likely N-dealkylation sites (tertiary alicyclic amines) is 1. The fourth-order valence-electron chi connectivity index (χ4n) is 3.93. The van der Waals surface area contributed by atoms with Crippen molar-refractivity contribution in [3.05, 3.63) is 70.2 Å². The first kappa shape index (κ1) is 23.6. The van der Waals surface area contributed by atoms with E-state index >= 15 is 0 Å². The zero-order chi connectivity index (χ0) is 22.6. The lowest BCUT2D eigenvalue weighted by atomic mass is 10.1. The summed E-state index contributed by atoms with van der Waals surface area (Å²) in [5.74, 6) is -0.0814. The van der Waals surface area contributed by atoms with Gasteiger partial charge in [-0.3, -0.25) is 9.69 Å². The third-order valence-corrected chi connectivity index (χ3v) is 5.74. The zero-order valence-electron chi connectivity index (χ0n) is 17.5. The number of hydrogen-bond acceptors (Lipinski definition) is 3. The number of nitrogens with zero attached hydrogens (tertiary/aromatic N) is 1. The summed E-state index contributed by atoms with van der Waals surface area (Å²) in [6, 6.07) is 12.5. The van der Waals surface area contributed by atoms with Crippen LogP contribution in [0.4, 0.5) is 13.2 Å². The molecule has 1 amide bonds. The van der Waals surface area contributed by atoms with Gasteiger partial charge in [-0.1, -0.05) is 48.0 Å². The van der Waals surface area contributed by atoms with Crippen LogP contribution in [0, 0.1) is 0 Å². The van der Waals surface area contributed by atoms with Crippen molar-refractivity contribution in [2.45, 2.75) is 57.7 Å². The van der Waals surface area contributed by atoms with Gasteiger partial charge in [-0.05, 0) is 43.5 Å². The van der Waals surface area contributed by atoms with E-state index in [0.29, 0.717) is 24.5 Å². The molecule has 0 saturated carbocycles. The van der Waals surface area contributed by atoms with Crippen molar-refractivity contribution in [1.82, 2.24) is 15.5 Å². The topological polar surface area (TPSA) is 44.4 Å². The monoisotopic (exact) mass is 453 g/mol. The number of carbonyl (C=O) groups is 1. The summed E-state index contributed by atoms with van der Waals surface area (Å²) in [5.41, 5.74) is 0.472. The molecule has 31 heavy (non-hydrogen) atoms. The summed E-state index contributed by atoms with van der Waals surface area (Å²) in [6.45, 7) is 4.91. The highest BCUT2D eigenvalue weighted by atomic mass is 35.5. The van der Waals surface area contributed by atoms with Gasteiger partial charge >= 0.3 is 6.18 Å². The smallest absolute Gasteiger partial charge is 0.353 e. The molecule has 4 nitrogen and oxygen atoms in total. The lowest BCUT2D eigenvalue weighted by molar-refractivity contribution is -0.138. The van der Waals surface area contributed by atoms with Gasteiger partial charge in [0.2, 0.25) is 5.91 Å². The van der Waals surface area contributed by atoms with Gasteiger partial charge in [0, 0.05) is 36.7 Å². The normalized spacial score (nSPS) is 19.7. The molecule has 3 rings (SSSR count). The predicted molar refractivity (Wildman–Crippen MR) is 116 cm³/mol. The molecule has 0 bridgehead atoms. The number of amides is 1. The van der Waals surface area contributed by atoms with Gasteiger partial charge in [-0.15, -0.1) is 0 Å². The Morgan fingerprint density at radius 3 is 2.42 bits per heavy atom. The predicted octanol–water partition coefficient (Wildman–Crippen LogP) is 4.62. The molecule has 1 saturated heterocycles. The van der Waals surface area contributed by atoms with E-state index in [4.69, 9.17) is 11.6 Å². The molecule has 2 aromatic rings. The molecule has 0 aromatic heterocycles. The molecule has 0 spiro atoms. The first-order valence-electron chi connectivity index (χ1n) is 10.3. The molecule has 1 aliphatic rings. The van der Waals surface area contributed by atoms with Crippen LogP contribution in [0.5, 0.6) is 0 Å². The molecule has 1 aliphatic heterocycles. The molecule has 1 fully saturated rings. The van der Waals surface area contributed by atoms with Gasteiger partial charge in [0.15, 0.2) is 0 Å². The van der Waals surface area contributed by atoms with E-state index < -0.39 is 11.7 Å². The van der Waals surface area contributed by atoms with Crippen LogP contribution >= 0.6 is 11.6 Å². The number of carbonyl (C=O) groups excluding carboxylic acids is 1. The second-order valence-corrected chi connectivity index (χ2v) is 8.58. The first-order valence-corrected chi connectivity index (χ1v) is 10.7. The van der Waals surface area contributed by atoms with Crippen LogP contribution in [-0.4, -0.2) is 35.5 Å². The van der Waals surface area contributed by atoms with Gasteiger partial charge in [0.05, 0.1) is 11.6 Å². The van der Waals surface area contributed by atoms with Crippen LogP contribution in [0.1, 0.15) is 37.0 Å². The highest BCUT2D eigenvalue weighted by Gasteiger charge is 2.37. The maximum absolute atomic E-state index is 13.3. The Balaban J connectivity index is 1.73. The molecular weight excluding hydrogens is 427 g/mol. The van der Waals surface area contributed by atoms with Gasteiger partial charge in [0.1, 0.15) is 0 Å². The zero-order valence-corrected chi connectivity index (χ0v) is 18.3.